The Labute approximate surface area is 86.9 Å². The number of hydrogen-bond donors (Lipinski definition) is 0. The first kappa shape index (κ1) is 10.1. The van der Waals surface area contributed by atoms with Gasteiger partial charge in [0.1, 0.15) is 0 Å². The van der Waals surface area contributed by atoms with Gasteiger partial charge in [-0.05, 0) is 0 Å². The third-order valence-electron chi connectivity index (χ3n) is 1.17. The monoisotopic (exact) mass is 351 g/mol. The Kier molecular flexibility index (Phi) is 4.91. The average molecular weight is 351 g/mol. The second-order valence-electron chi connectivity index (χ2n) is 2.14. The molecule has 0 fully saturated rings. The molecule has 0 N–H and O–H groups in total. The van der Waals surface area contributed by atoms with E-state index in [4.69, 9.17) is 0 Å². The van der Waals surface area contributed by atoms with Gasteiger partial charge in [-0.2, -0.15) is 24.3 Å². The summed E-state index contributed by atoms with van der Waals surface area (Å²) in [6.45, 7) is 0. The summed E-state index contributed by atoms with van der Waals surface area (Å²) in [5, 5.41) is 0. The molecule has 1 radical (unpaired) electrons. The molecular formula is C8H10NPa-. The average Bonchev–Trinajstić information content (AvgIpc) is 1.90. The van der Waals surface area contributed by atoms with Gasteiger partial charge >= 0.3 is 0 Å². The first-order valence-corrected chi connectivity index (χ1v) is 2.95. The Morgan fingerprint density at radius 1 is 1.30 bits per heavy atom. The van der Waals surface area contributed by atoms with Crippen LogP contribution in [0.3, 0.4) is 0 Å². The van der Waals surface area contributed by atoms with Crippen LogP contribution in [0.2, 0.25) is 0 Å². The molecule has 0 aliphatic rings. The molecule has 0 spiro atoms. The Hall–Kier alpha value is 0.111. The summed E-state index contributed by atoms with van der Waals surface area (Å²) >= 11 is 0. The van der Waals surface area contributed by atoms with E-state index in [0.29, 0.717) is 0 Å². The predicted octanol–water partition coefficient (Wildman–Crippen LogP) is 1.55. The summed E-state index contributed by atoms with van der Waals surface area (Å²) in [6.07, 6.45) is 0. The van der Waals surface area contributed by atoms with Crippen LogP contribution in [-0.4, -0.2) is 14.1 Å². The smallest absolute Gasteiger partial charge is 0.00395 e. The number of para-hydroxylation sites is 1. The van der Waals surface area contributed by atoms with Gasteiger partial charge in [-0.1, -0.05) is 5.69 Å². The molecule has 0 unspecified atom stereocenters. The normalized spacial score (nSPS) is 8.20. The van der Waals surface area contributed by atoms with Crippen LogP contribution < -0.4 is 4.90 Å². The van der Waals surface area contributed by atoms with Crippen molar-refractivity contribution < 1.29 is 32.3 Å². The number of nitrogens with zero attached hydrogens (tertiary/aromatic N) is 1. The maximum atomic E-state index is 3.09. The standard InChI is InChI=1S/C8H10N.Pa/c1-9(2)8-6-4-3-5-7-8;/h3-6H,1-2H3;/q-1;. The molecule has 1 nitrogen and oxygen atoms in total. The van der Waals surface area contributed by atoms with Crippen LogP contribution in [0, 0.1) is 38.4 Å². The first-order valence-electron chi connectivity index (χ1n) is 2.95. The van der Waals surface area contributed by atoms with Crippen LogP contribution in [0.15, 0.2) is 24.3 Å². The van der Waals surface area contributed by atoms with Crippen molar-refractivity contribution in [1.82, 2.24) is 0 Å². The fraction of sp³-hybridized carbons (Fsp3) is 0.250. The Balaban J connectivity index is 0.000000810. The van der Waals surface area contributed by atoms with Gasteiger partial charge in [-0.15, -0.1) is 6.07 Å². The Morgan fingerprint density at radius 3 is 2.30 bits per heavy atom. The molecule has 0 heterocycles. The molecule has 0 aromatic heterocycles. The van der Waals surface area contributed by atoms with Crippen molar-refractivity contribution in [3.05, 3.63) is 30.3 Å². The van der Waals surface area contributed by atoms with Crippen LogP contribution in [0.1, 0.15) is 0 Å². The second-order valence-corrected chi connectivity index (χ2v) is 2.14. The topological polar surface area (TPSA) is 3.24 Å². The molecule has 1 rings (SSSR count). The van der Waals surface area contributed by atoms with Gasteiger partial charge in [0.2, 0.25) is 0 Å². The van der Waals surface area contributed by atoms with Crippen molar-refractivity contribution in [3.8, 4) is 0 Å². The largest absolute Gasteiger partial charge is 0.400 e. The maximum Gasteiger partial charge on any atom is 0.00395 e. The Bertz CT molecular complexity index is 172. The van der Waals surface area contributed by atoms with E-state index in [-0.39, 0.29) is 32.3 Å². The van der Waals surface area contributed by atoms with Gasteiger partial charge in [0, 0.05) is 46.4 Å². The zero-order valence-corrected chi connectivity index (χ0v) is 11.1. The number of hydrogen-bond acceptors (Lipinski definition) is 1. The van der Waals surface area contributed by atoms with Crippen molar-refractivity contribution in [2.75, 3.05) is 19.0 Å². The van der Waals surface area contributed by atoms with Crippen LogP contribution >= 0.6 is 0 Å². The van der Waals surface area contributed by atoms with E-state index < -0.39 is 0 Å². The third-order valence-corrected chi connectivity index (χ3v) is 1.17. The molecule has 10 heavy (non-hydrogen) atoms. The second kappa shape index (κ2) is 4.86. The molecule has 0 aliphatic heterocycles. The van der Waals surface area contributed by atoms with Gasteiger partial charge in [0.05, 0.1) is 0 Å². The quantitative estimate of drug-likeness (QED) is 0.694. The van der Waals surface area contributed by atoms with E-state index in [2.05, 4.69) is 6.07 Å². The summed E-state index contributed by atoms with van der Waals surface area (Å²) in [4.78, 5) is 2.03. The predicted molar refractivity (Wildman–Crippen MR) is 39.6 cm³/mol. The van der Waals surface area contributed by atoms with Crippen LogP contribution in [-0.2, 0) is 0 Å². The van der Waals surface area contributed by atoms with Gasteiger partial charge in [-0.3, -0.25) is 0 Å². The van der Waals surface area contributed by atoms with Crippen molar-refractivity contribution in [2.45, 2.75) is 0 Å². The molecule has 0 saturated carbocycles. The van der Waals surface area contributed by atoms with E-state index in [9.17, 15) is 0 Å². The summed E-state index contributed by atoms with van der Waals surface area (Å²) < 4.78 is 0. The van der Waals surface area contributed by atoms with Crippen molar-refractivity contribution in [2.24, 2.45) is 0 Å². The SMILES string of the molecule is CN(C)c1[c-]cccc1.[Pa]. The van der Waals surface area contributed by atoms with E-state index in [1.54, 1.807) is 0 Å². The molecular weight excluding hydrogens is 341 g/mol. The minimum absolute atomic E-state index is 0. The molecule has 2 heteroatoms. The van der Waals surface area contributed by atoms with E-state index >= 15 is 0 Å². The minimum Gasteiger partial charge on any atom is -0.400 e. The van der Waals surface area contributed by atoms with Gasteiger partial charge < -0.3 is 4.90 Å². The zero-order valence-electron chi connectivity index (χ0n) is 6.33. The summed E-state index contributed by atoms with van der Waals surface area (Å²) in [5.41, 5.74) is 1.12. The summed E-state index contributed by atoms with van der Waals surface area (Å²) in [5.74, 6) is 0. The first-order chi connectivity index (χ1) is 4.30. The molecule has 51 valence electrons. The van der Waals surface area contributed by atoms with Gasteiger partial charge in [0.15, 0.2) is 0 Å². The Morgan fingerprint density at radius 2 is 2.00 bits per heavy atom. The van der Waals surface area contributed by atoms with E-state index in [0.717, 1.165) is 5.69 Å². The van der Waals surface area contributed by atoms with E-state index in [1.807, 2.05) is 43.3 Å². The molecule has 0 aliphatic carbocycles. The number of anilines is 1. The number of benzene rings is 1. The van der Waals surface area contributed by atoms with Crippen molar-refractivity contribution in [1.29, 1.82) is 0 Å². The van der Waals surface area contributed by atoms with Crippen molar-refractivity contribution >= 4 is 5.69 Å². The molecule has 0 bridgehead atoms. The van der Waals surface area contributed by atoms with E-state index in [1.165, 1.54) is 0 Å². The van der Waals surface area contributed by atoms with Crippen LogP contribution in [0.5, 0.6) is 0 Å². The third kappa shape index (κ3) is 2.80. The van der Waals surface area contributed by atoms with Crippen molar-refractivity contribution in [3.63, 3.8) is 0 Å². The molecule has 1 aromatic carbocycles. The van der Waals surface area contributed by atoms with Gasteiger partial charge in [-0.25, -0.2) is 0 Å². The fourth-order valence-electron chi connectivity index (χ4n) is 0.662. The fourth-order valence-corrected chi connectivity index (χ4v) is 0.662. The molecule has 1 aromatic rings. The molecule has 0 saturated heterocycles. The number of rotatable bonds is 1. The molecule has 0 amide bonds. The van der Waals surface area contributed by atoms with Crippen LogP contribution in [0.25, 0.3) is 0 Å². The minimum atomic E-state index is 0. The summed E-state index contributed by atoms with van der Waals surface area (Å²) in [6, 6.07) is 11.0. The zero-order chi connectivity index (χ0) is 6.69. The van der Waals surface area contributed by atoms with Crippen LogP contribution in [0.4, 0.5) is 5.69 Å². The van der Waals surface area contributed by atoms with Gasteiger partial charge in [0.25, 0.3) is 0 Å². The maximum absolute atomic E-state index is 3.09. The molecule has 0 atom stereocenters. The summed E-state index contributed by atoms with van der Waals surface area (Å²) in [7, 11) is 4.01.